The Hall–Kier alpha value is -1.82. The maximum Gasteiger partial charge on any atom is -0.000740 e. The predicted octanol–water partition coefficient (Wildman–Crippen LogP) is 4.48. The monoisotopic (exact) mass is 219 g/mol. The van der Waals surface area contributed by atoms with Crippen LogP contribution >= 0.6 is 0 Å². The van der Waals surface area contributed by atoms with Crippen LogP contribution in [-0.4, -0.2) is 0 Å². The van der Waals surface area contributed by atoms with Crippen molar-refractivity contribution in [2.45, 2.75) is 19.8 Å². The fourth-order valence-corrected chi connectivity index (χ4v) is 2.65. The zero-order valence-corrected chi connectivity index (χ0v) is 10.0. The minimum Gasteiger partial charge on any atom is -0.0619 e. The van der Waals surface area contributed by atoms with Crippen LogP contribution in [0.2, 0.25) is 0 Å². The normalized spacial score (nSPS) is 12.1. The van der Waals surface area contributed by atoms with Crippen LogP contribution in [0.15, 0.2) is 42.5 Å². The van der Waals surface area contributed by atoms with Crippen molar-refractivity contribution in [1.82, 2.24) is 0 Å². The molecular weight excluding hydrogens is 204 g/mol. The van der Waals surface area contributed by atoms with Gasteiger partial charge in [0.15, 0.2) is 0 Å². The molecule has 1 aliphatic carbocycles. The Morgan fingerprint density at radius 2 is 1.82 bits per heavy atom. The zero-order chi connectivity index (χ0) is 11.8. The van der Waals surface area contributed by atoms with Crippen LogP contribution in [0.5, 0.6) is 0 Å². The van der Waals surface area contributed by atoms with Crippen molar-refractivity contribution < 1.29 is 0 Å². The van der Waals surface area contributed by atoms with Gasteiger partial charge in [0, 0.05) is 0 Å². The van der Waals surface area contributed by atoms with Gasteiger partial charge in [-0.3, -0.25) is 0 Å². The molecule has 2 aromatic carbocycles. The molecule has 1 radical (unpaired) electrons. The van der Waals surface area contributed by atoms with Gasteiger partial charge in [0.2, 0.25) is 0 Å². The van der Waals surface area contributed by atoms with Crippen LogP contribution in [0.3, 0.4) is 0 Å². The van der Waals surface area contributed by atoms with E-state index in [1.54, 1.807) is 0 Å². The zero-order valence-electron chi connectivity index (χ0n) is 10.0. The molecule has 0 bridgehead atoms. The van der Waals surface area contributed by atoms with Gasteiger partial charge in [0.25, 0.3) is 0 Å². The summed E-state index contributed by atoms with van der Waals surface area (Å²) in [6.45, 7) is 8.23. The summed E-state index contributed by atoms with van der Waals surface area (Å²) >= 11 is 0. The van der Waals surface area contributed by atoms with E-state index in [4.69, 9.17) is 6.58 Å². The molecule has 0 saturated heterocycles. The highest BCUT2D eigenvalue weighted by Crippen LogP contribution is 2.39. The highest BCUT2D eigenvalue weighted by molar-refractivity contribution is 5.82. The summed E-state index contributed by atoms with van der Waals surface area (Å²) in [7, 11) is 0. The van der Waals surface area contributed by atoms with E-state index >= 15 is 0 Å². The summed E-state index contributed by atoms with van der Waals surface area (Å²) in [6, 6.07) is 15.1. The minimum absolute atomic E-state index is 0.910. The second kappa shape index (κ2) is 3.89. The van der Waals surface area contributed by atoms with Gasteiger partial charge >= 0.3 is 0 Å². The van der Waals surface area contributed by atoms with Crippen molar-refractivity contribution in [2.24, 2.45) is 0 Å². The van der Waals surface area contributed by atoms with E-state index < -0.39 is 0 Å². The van der Waals surface area contributed by atoms with E-state index in [1.165, 1.54) is 27.8 Å². The molecule has 17 heavy (non-hydrogen) atoms. The van der Waals surface area contributed by atoms with E-state index in [1.807, 2.05) is 0 Å². The predicted molar refractivity (Wildman–Crippen MR) is 72.7 cm³/mol. The molecule has 83 valence electrons. The average molecular weight is 219 g/mol. The number of allylic oxidation sites excluding steroid dienone is 1. The third kappa shape index (κ3) is 1.52. The summed E-state index contributed by atoms with van der Waals surface area (Å²) in [5.41, 5.74) is 7.77. The Bertz CT molecular complexity index is 591. The summed E-state index contributed by atoms with van der Waals surface area (Å²) in [5.74, 6) is 0. The van der Waals surface area contributed by atoms with Gasteiger partial charge in [-0.25, -0.2) is 0 Å². The molecule has 3 rings (SSSR count). The van der Waals surface area contributed by atoms with Crippen molar-refractivity contribution in [2.75, 3.05) is 0 Å². The highest BCUT2D eigenvalue weighted by Gasteiger charge is 2.20. The van der Waals surface area contributed by atoms with Gasteiger partial charge in [-0.1, -0.05) is 56.0 Å². The molecule has 0 aromatic heterocycles. The highest BCUT2D eigenvalue weighted by atomic mass is 14.2. The van der Waals surface area contributed by atoms with E-state index in [0.717, 1.165) is 18.4 Å². The Kier molecular flexibility index (Phi) is 2.36. The molecule has 0 unspecified atom stereocenters. The topological polar surface area (TPSA) is 0 Å². The maximum absolute atomic E-state index is 6.12. The third-order valence-electron chi connectivity index (χ3n) is 3.58. The van der Waals surface area contributed by atoms with Gasteiger partial charge in [-0.05, 0) is 46.2 Å². The smallest absolute Gasteiger partial charge is 0.000740 e. The number of hydrogen-bond acceptors (Lipinski definition) is 0. The summed E-state index contributed by atoms with van der Waals surface area (Å²) in [6.07, 6.45) is 1.93. The van der Waals surface area contributed by atoms with Crippen LogP contribution in [0.25, 0.3) is 16.7 Å². The molecule has 2 aromatic rings. The lowest BCUT2D eigenvalue weighted by atomic mass is 9.95. The van der Waals surface area contributed by atoms with Crippen molar-refractivity contribution in [3.8, 4) is 11.1 Å². The lowest BCUT2D eigenvalue weighted by Gasteiger charge is -2.09. The molecular formula is C17H15. The van der Waals surface area contributed by atoms with E-state index in [-0.39, 0.29) is 0 Å². The molecule has 0 heteroatoms. The molecule has 0 fully saturated rings. The Morgan fingerprint density at radius 1 is 1.06 bits per heavy atom. The van der Waals surface area contributed by atoms with Crippen LogP contribution in [0.1, 0.15) is 30.0 Å². The first kappa shape index (κ1) is 10.3. The van der Waals surface area contributed by atoms with Gasteiger partial charge in [0.05, 0.1) is 0 Å². The first-order valence-electron chi connectivity index (χ1n) is 6.13. The molecule has 0 heterocycles. The standard InChI is InChI=1S/C17H15/c1-3-12(2)14-9-6-10-16-15-8-5-4-7-13(15)11-17(14)16/h2,4-10H,3,11H2,1H3. The van der Waals surface area contributed by atoms with E-state index in [2.05, 4.69) is 49.4 Å². The van der Waals surface area contributed by atoms with Crippen molar-refractivity contribution in [3.05, 3.63) is 65.7 Å². The lowest BCUT2D eigenvalue weighted by Crippen LogP contribution is -1.90. The van der Waals surface area contributed by atoms with Gasteiger partial charge in [-0.2, -0.15) is 0 Å². The van der Waals surface area contributed by atoms with E-state index in [9.17, 15) is 0 Å². The van der Waals surface area contributed by atoms with E-state index in [0.29, 0.717) is 0 Å². The Balaban J connectivity index is 2.20. The largest absolute Gasteiger partial charge is 0.0619 e. The molecule has 0 atom stereocenters. The summed E-state index contributed by atoms with van der Waals surface area (Å²) in [5, 5.41) is 0. The number of fused-ring (bicyclic) bond motifs is 3. The van der Waals surface area contributed by atoms with Gasteiger partial charge < -0.3 is 0 Å². The molecule has 0 N–H and O–H groups in total. The van der Waals surface area contributed by atoms with Crippen molar-refractivity contribution >= 4 is 5.57 Å². The first-order valence-corrected chi connectivity index (χ1v) is 6.13. The Morgan fingerprint density at radius 3 is 2.65 bits per heavy atom. The second-order valence-electron chi connectivity index (χ2n) is 4.54. The lowest BCUT2D eigenvalue weighted by molar-refractivity contribution is 1.19. The van der Waals surface area contributed by atoms with Gasteiger partial charge in [-0.15, -0.1) is 0 Å². The molecule has 0 saturated carbocycles. The summed E-state index contributed by atoms with van der Waals surface area (Å²) in [4.78, 5) is 0. The number of benzene rings is 2. The fourth-order valence-electron chi connectivity index (χ4n) is 2.65. The second-order valence-corrected chi connectivity index (χ2v) is 4.54. The molecule has 0 amide bonds. The van der Waals surface area contributed by atoms with Crippen molar-refractivity contribution in [1.29, 1.82) is 0 Å². The Labute approximate surface area is 103 Å². The number of hydrogen-bond donors (Lipinski definition) is 0. The minimum atomic E-state index is 0.910. The quantitative estimate of drug-likeness (QED) is 0.596. The van der Waals surface area contributed by atoms with Crippen LogP contribution in [-0.2, 0) is 6.42 Å². The molecule has 0 nitrogen and oxygen atoms in total. The van der Waals surface area contributed by atoms with Crippen LogP contribution in [0, 0.1) is 6.58 Å². The van der Waals surface area contributed by atoms with Gasteiger partial charge in [0.1, 0.15) is 0 Å². The SMILES string of the molecule is [CH]=C(CC)c1cccc2c1Cc1ccccc1-2. The fraction of sp³-hybridized carbons (Fsp3) is 0.176. The summed E-state index contributed by atoms with van der Waals surface area (Å²) < 4.78 is 0. The average Bonchev–Trinajstić information content (AvgIpc) is 2.76. The number of rotatable bonds is 2. The molecule has 1 aliphatic rings. The van der Waals surface area contributed by atoms with Crippen LogP contribution < -0.4 is 0 Å². The molecule has 0 aliphatic heterocycles. The molecule has 0 spiro atoms. The maximum atomic E-state index is 6.12. The third-order valence-corrected chi connectivity index (χ3v) is 3.58. The van der Waals surface area contributed by atoms with Crippen molar-refractivity contribution in [3.63, 3.8) is 0 Å². The van der Waals surface area contributed by atoms with Crippen LogP contribution in [0.4, 0.5) is 0 Å². The first-order chi connectivity index (χ1) is 8.31.